The molecule has 0 aliphatic carbocycles. The Morgan fingerprint density at radius 2 is 2.50 bits per heavy atom. The van der Waals surface area contributed by atoms with Crippen molar-refractivity contribution in [3.63, 3.8) is 0 Å². The maximum atomic E-state index is 11.3. The normalized spacial score (nSPS) is 18.5. The average Bonchev–Trinajstić information content (AvgIpc) is 1.35. The molecule has 0 saturated heterocycles. The number of hydrogen-bond donors (Lipinski definition) is 0. The minimum absolute atomic E-state index is 0.590. The highest BCUT2D eigenvalue weighted by atomic mass is 35.5. The zero-order chi connectivity index (χ0) is 5.21. The van der Waals surface area contributed by atoms with Crippen LogP contribution in [0.15, 0.2) is 0 Å². The monoisotopic (exact) mass is 84.0 g/mol. The predicted molar refractivity (Wildman–Crippen MR) is 16.7 cm³/mol. The van der Waals surface area contributed by atoms with Gasteiger partial charge < -0.3 is 0 Å². The molecule has 0 heterocycles. The molecule has 0 N–H and O–H groups in total. The SMILES string of the molecule is [2H]C([2H])(F)CCl. The van der Waals surface area contributed by atoms with Gasteiger partial charge in [0.2, 0.25) is 0 Å². The second kappa shape index (κ2) is 3.22. The van der Waals surface area contributed by atoms with Crippen molar-refractivity contribution in [3.8, 4) is 0 Å². The third-order valence-corrected chi connectivity index (χ3v) is 0.152. The fourth-order valence-corrected chi connectivity index (χ4v) is 0. The molecule has 0 aromatic carbocycles. The van der Waals surface area contributed by atoms with E-state index in [0.29, 0.717) is 0 Å². The molecule has 0 bridgehead atoms. The van der Waals surface area contributed by atoms with Crippen molar-refractivity contribution in [1.29, 1.82) is 0 Å². The lowest BCUT2D eigenvalue weighted by atomic mass is 10.9. The van der Waals surface area contributed by atoms with Crippen molar-refractivity contribution >= 4 is 11.6 Å². The molecule has 0 unspecified atom stereocenters. The van der Waals surface area contributed by atoms with Gasteiger partial charge in [-0.1, -0.05) is 0 Å². The van der Waals surface area contributed by atoms with Crippen LogP contribution in [0.3, 0.4) is 0 Å². The van der Waals surface area contributed by atoms with Gasteiger partial charge in [0.05, 0.1) is 8.62 Å². The number of alkyl halides is 2. The van der Waals surface area contributed by atoms with Crippen LogP contribution in [0.25, 0.3) is 0 Å². The van der Waals surface area contributed by atoms with E-state index in [1.165, 1.54) is 0 Å². The lowest BCUT2D eigenvalue weighted by molar-refractivity contribution is 0.531. The Balaban J connectivity index is 3.17. The summed E-state index contributed by atoms with van der Waals surface area (Å²) in [4.78, 5) is 0. The van der Waals surface area contributed by atoms with Crippen molar-refractivity contribution in [3.05, 3.63) is 0 Å². The summed E-state index contributed by atoms with van der Waals surface area (Å²) in [6.07, 6.45) is 0. The molecule has 0 saturated carbocycles. The predicted octanol–water partition coefficient (Wildman–Crippen LogP) is 1.19. The highest BCUT2D eigenvalue weighted by Crippen LogP contribution is 1.69. The Bertz CT molecular complexity index is 41.3. The lowest BCUT2D eigenvalue weighted by Crippen LogP contribution is -1.66. The van der Waals surface area contributed by atoms with E-state index < -0.39 is 12.5 Å². The third-order valence-electron chi connectivity index (χ3n) is 0.0505. The summed E-state index contributed by atoms with van der Waals surface area (Å²) in [5, 5.41) is 0. The lowest BCUT2D eigenvalue weighted by Gasteiger charge is -1.62. The summed E-state index contributed by atoms with van der Waals surface area (Å²) in [5.74, 6) is -0.590. The van der Waals surface area contributed by atoms with Crippen molar-refractivity contribution in [2.75, 3.05) is 12.5 Å². The van der Waals surface area contributed by atoms with Gasteiger partial charge in [-0.2, -0.15) is 0 Å². The van der Waals surface area contributed by atoms with E-state index in [9.17, 15) is 4.39 Å². The molecular weight excluding hydrogens is 78.5 g/mol. The Labute approximate surface area is 32.4 Å². The van der Waals surface area contributed by atoms with Crippen LogP contribution >= 0.6 is 11.6 Å². The minimum Gasteiger partial charge on any atom is -0.250 e. The first-order valence-corrected chi connectivity index (χ1v) is 1.34. The van der Waals surface area contributed by atoms with Crippen molar-refractivity contribution < 1.29 is 7.13 Å². The van der Waals surface area contributed by atoms with E-state index in [4.69, 9.17) is 14.3 Å². The topological polar surface area (TPSA) is 0 Å². The van der Waals surface area contributed by atoms with Crippen LogP contribution in [0, 0.1) is 0 Å². The van der Waals surface area contributed by atoms with Gasteiger partial charge in [-0.15, -0.1) is 11.6 Å². The quantitative estimate of drug-likeness (QED) is 0.419. The zero-order valence-electron chi connectivity index (χ0n) is 3.96. The van der Waals surface area contributed by atoms with Gasteiger partial charge in [-0.05, 0) is 0 Å². The first kappa shape index (κ1) is 1.61. The molecular formula is C2H4ClF. The van der Waals surface area contributed by atoms with Gasteiger partial charge in [-0.25, -0.2) is 4.39 Å². The van der Waals surface area contributed by atoms with E-state index in [0.717, 1.165) is 0 Å². The molecule has 0 spiro atoms. The minimum atomic E-state index is -2.69. The molecule has 26 valence electrons. The molecule has 0 radical (unpaired) electrons. The van der Waals surface area contributed by atoms with Gasteiger partial charge in [0, 0.05) is 0 Å². The van der Waals surface area contributed by atoms with Gasteiger partial charge >= 0.3 is 0 Å². The summed E-state index contributed by atoms with van der Waals surface area (Å²) in [6, 6.07) is 0. The molecule has 0 aromatic rings. The number of hydrogen-bond acceptors (Lipinski definition) is 0. The van der Waals surface area contributed by atoms with Crippen LogP contribution in [0.1, 0.15) is 2.74 Å². The van der Waals surface area contributed by atoms with Gasteiger partial charge in [0.15, 0.2) is 0 Å². The first-order valence-electron chi connectivity index (χ1n) is 1.81. The van der Waals surface area contributed by atoms with E-state index >= 15 is 0 Å². The van der Waals surface area contributed by atoms with Crippen LogP contribution in [0.5, 0.6) is 0 Å². The smallest absolute Gasteiger partial charge is 0.103 e. The second-order valence-corrected chi connectivity index (χ2v) is 0.535. The van der Waals surface area contributed by atoms with Crippen LogP contribution in [0.4, 0.5) is 4.39 Å². The zero-order valence-corrected chi connectivity index (χ0v) is 2.72. The second-order valence-electron chi connectivity index (χ2n) is 0.267. The van der Waals surface area contributed by atoms with E-state index in [2.05, 4.69) is 0 Å². The van der Waals surface area contributed by atoms with Crippen LogP contribution in [0.2, 0.25) is 0 Å². The Morgan fingerprint density at radius 1 is 2.25 bits per heavy atom. The molecule has 0 nitrogen and oxygen atoms in total. The fourth-order valence-electron chi connectivity index (χ4n) is 0. The molecule has 0 aliphatic rings. The standard InChI is InChI=1S/C2H4ClF/c3-1-2-4/h1-2H2/i2D2. The number of halogens is 2. The number of rotatable bonds is 1. The summed E-state index contributed by atoms with van der Waals surface area (Å²) in [6.45, 7) is -2.69. The maximum Gasteiger partial charge on any atom is 0.103 e. The van der Waals surface area contributed by atoms with Gasteiger partial charge in [0.25, 0.3) is 0 Å². The average molecular weight is 84.5 g/mol. The molecule has 0 aliphatic heterocycles. The largest absolute Gasteiger partial charge is 0.250 e. The van der Waals surface area contributed by atoms with Crippen molar-refractivity contribution in [2.24, 2.45) is 0 Å². The van der Waals surface area contributed by atoms with E-state index in [1.807, 2.05) is 0 Å². The van der Waals surface area contributed by atoms with Crippen LogP contribution in [-0.4, -0.2) is 12.5 Å². The molecule has 4 heavy (non-hydrogen) atoms. The summed E-state index contributed by atoms with van der Waals surface area (Å²) in [7, 11) is 0. The highest BCUT2D eigenvalue weighted by Gasteiger charge is 1.63. The first-order chi connectivity index (χ1) is 2.56. The molecule has 0 aromatic heterocycles. The van der Waals surface area contributed by atoms with Gasteiger partial charge in [0.1, 0.15) is 6.63 Å². The van der Waals surface area contributed by atoms with Crippen LogP contribution < -0.4 is 0 Å². The fraction of sp³-hybridized carbons (Fsp3) is 1.00. The van der Waals surface area contributed by atoms with E-state index in [-0.39, 0.29) is 0 Å². The van der Waals surface area contributed by atoms with Gasteiger partial charge in [-0.3, -0.25) is 0 Å². The summed E-state index contributed by atoms with van der Waals surface area (Å²) < 4.78 is 23.4. The third kappa shape index (κ3) is 2.22. The Kier molecular flexibility index (Phi) is 1.29. The summed E-state index contributed by atoms with van der Waals surface area (Å²) in [5.41, 5.74) is 0. The molecule has 0 atom stereocenters. The molecule has 0 fully saturated rings. The molecule has 0 amide bonds. The highest BCUT2D eigenvalue weighted by molar-refractivity contribution is 6.17. The Morgan fingerprint density at radius 3 is 2.50 bits per heavy atom. The Hall–Kier alpha value is 0.220. The van der Waals surface area contributed by atoms with Crippen molar-refractivity contribution in [2.45, 2.75) is 0 Å². The van der Waals surface area contributed by atoms with E-state index in [1.54, 1.807) is 0 Å². The summed E-state index contributed by atoms with van der Waals surface area (Å²) >= 11 is 4.73. The molecule has 2 heteroatoms. The molecule has 0 rings (SSSR count). The van der Waals surface area contributed by atoms with Crippen LogP contribution in [-0.2, 0) is 0 Å². The van der Waals surface area contributed by atoms with Crippen molar-refractivity contribution in [1.82, 2.24) is 0 Å². The maximum absolute atomic E-state index is 11.3.